The highest BCUT2D eigenvalue weighted by Crippen LogP contribution is 2.37. The smallest absolute Gasteiger partial charge is 0.0568 e. The molecule has 1 aliphatic heterocycles. The van der Waals surface area contributed by atoms with E-state index in [1.807, 2.05) is 17.9 Å². The molecule has 1 aromatic heterocycles. The minimum atomic E-state index is 0.407. The number of nitrogens with zero attached hydrogens (tertiary/aromatic N) is 3. The van der Waals surface area contributed by atoms with Gasteiger partial charge in [0.15, 0.2) is 0 Å². The highest BCUT2D eigenvalue weighted by atomic mass is 15.2. The summed E-state index contributed by atoms with van der Waals surface area (Å²) in [6, 6.07) is 7.22. The fourth-order valence-electron chi connectivity index (χ4n) is 4.64. The van der Waals surface area contributed by atoms with Gasteiger partial charge in [-0.05, 0) is 42.7 Å². The first-order valence-corrected chi connectivity index (χ1v) is 9.16. The number of hydrogen-bond donors (Lipinski definition) is 1. The van der Waals surface area contributed by atoms with Crippen LogP contribution < -0.4 is 5.73 Å². The van der Waals surface area contributed by atoms with Gasteiger partial charge in [-0.3, -0.25) is 9.58 Å². The quantitative estimate of drug-likeness (QED) is 0.944. The molecule has 128 valence electrons. The van der Waals surface area contributed by atoms with E-state index in [1.54, 1.807) is 0 Å². The molecule has 0 amide bonds. The van der Waals surface area contributed by atoms with Gasteiger partial charge >= 0.3 is 0 Å². The molecular formula is C20H28N4. The molecule has 3 unspecified atom stereocenters. The van der Waals surface area contributed by atoms with Crippen molar-refractivity contribution in [1.82, 2.24) is 14.7 Å². The van der Waals surface area contributed by atoms with Crippen molar-refractivity contribution in [1.29, 1.82) is 0 Å². The maximum absolute atomic E-state index is 6.38. The molecule has 1 saturated carbocycles. The van der Waals surface area contributed by atoms with Gasteiger partial charge in [0.25, 0.3) is 0 Å². The van der Waals surface area contributed by atoms with Gasteiger partial charge in [-0.25, -0.2) is 0 Å². The summed E-state index contributed by atoms with van der Waals surface area (Å²) in [5.41, 5.74) is 11.6. The third-order valence-corrected chi connectivity index (χ3v) is 5.90. The fourth-order valence-corrected chi connectivity index (χ4v) is 4.64. The van der Waals surface area contributed by atoms with Crippen molar-refractivity contribution < 1.29 is 0 Å². The summed E-state index contributed by atoms with van der Waals surface area (Å²) >= 11 is 0. The molecule has 2 N–H and O–H groups in total. The van der Waals surface area contributed by atoms with Crippen LogP contribution >= 0.6 is 0 Å². The maximum Gasteiger partial charge on any atom is 0.0568 e. The molecule has 4 heteroatoms. The Morgan fingerprint density at radius 3 is 2.88 bits per heavy atom. The van der Waals surface area contributed by atoms with Gasteiger partial charge in [0.2, 0.25) is 0 Å². The van der Waals surface area contributed by atoms with Crippen molar-refractivity contribution in [3.05, 3.63) is 41.7 Å². The lowest BCUT2D eigenvalue weighted by molar-refractivity contribution is 0.259. The van der Waals surface area contributed by atoms with E-state index in [0.717, 1.165) is 19.0 Å². The molecule has 3 atom stereocenters. The zero-order chi connectivity index (χ0) is 16.7. The third-order valence-electron chi connectivity index (χ3n) is 5.90. The molecule has 1 aromatic carbocycles. The normalized spacial score (nSPS) is 27.4. The van der Waals surface area contributed by atoms with Gasteiger partial charge in [0, 0.05) is 44.5 Å². The van der Waals surface area contributed by atoms with Gasteiger partial charge in [-0.15, -0.1) is 0 Å². The topological polar surface area (TPSA) is 47.1 Å². The Hall–Kier alpha value is -1.65. The second kappa shape index (κ2) is 6.34. The van der Waals surface area contributed by atoms with Crippen molar-refractivity contribution in [3.63, 3.8) is 0 Å². The Morgan fingerprint density at radius 1 is 1.25 bits per heavy atom. The highest BCUT2D eigenvalue weighted by molar-refractivity contribution is 5.66. The lowest BCUT2D eigenvalue weighted by Gasteiger charge is -2.29. The Labute approximate surface area is 144 Å². The lowest BCUT2D eigenvalue weighted by Crippen LogP contribution is -2.38. The van der Waals surface area contributed by atoms with E-state index in [4.69, 9.17) is 5.73 Å². The lowest BCUT2D eigenvalue weighted by atomic mass is 9.78. The summed E-state index contributed by atoms with van der Waals surface area (Å²) in [5, 5.41) is 4.35. The van der Waals surface area contributed by atoms with Crippen molar-refractivity contribution in [2.75, 3.05) is 13.1 Å². The van der Waals surface area contributed by atoms with Crippen molar-refractivity contribution >= 4 is 0 Å². The molecule has 0 spiro atoms. The third kappa shape index (κ3) is 3.01. The van der Waals surface area contributed by atoms with Crippen molar-refractivity contribution in [3.8, 4) is 11.1 Å². The number of nitrogens with two attached hydrogens (primary N) is 1. The fraction of sp³-hybridized carbons (Fsp3) is 0.550. The molecule has 2 fully saturated rings. The molecule has 4 nitrogen and oxygen atoms in total. The van der Waals surface area contributed by atoms with Crippen LogP contribution in [0, 0.1) is 18.8 Å². The molecule has 0 bridgehead atoms. The Balaban J connectivity index is 1.57. The van der Waals surface area contributed by atoms with Crippen LogP contribution in [0.4, 0.5) is 0 Å². The predicted octanol–water partition coefficient (Wildman–Crippen LogP) is 2.95. The van der Waals surface area contributed by atoms with E-state index >= 15 is 0 Å². The van der Waals surface area contributed by atoms with E-state index in [0.29, 0.717) is 12.0 Å². The summed E-state index contributed by atoms with van der Waals surface area (Å²) in [7, 11) is 1.98. The summed E-state index contributed by atoms with van der Waals surface area (Å²) < 4.78 is 1.88. The molecular weight excluding hydrogens is 296 g/mol. The highest BCUT2D eigenvalue weighted by Gasteiger charge is 2.38. The Bertz CT molecular complexity index is 720. The van der Waals surface area contributed by atoms with E-state index in [1.165, 1.54) is 48.1 Å². The molecule has 1 aliphatic carbocycles. The summed E-state index contributed by atoms with van der Waals surface area (Å²) in [6.07, 6.45) is 7.95. The van der Waals surface area contributed by atoms with Crippen LogP contribution in [0.3, 0.4) is 0 Å². The van der Waals surface area contributed by atoms with Crippen molar-refractivity contribution in [2.24, 2.45) is 24.6 Å². The number of rotatable bonds is 3. The van der Waals surface area contributed by atoms with Crippen LogP contribution in [0.15, 0.2) is 30.6 Å². The molecule has 24 heavy (non-hydrogen) atoms. The van der Waals surface area contributed by atoms with E-state index in [2.05, 4.69) is 41.3 Å². The second-order valence-corrected chi connectivity index (χ2v) is 7.78. The summed E-state index contributed by atoms with van der Waals surface area (Å²) in [6.45, 7) is 5.54. The molecule has 0 radical (unpaired) electrons. The monoisotopic (exact) mass is 324 g/mol. The molecule has 4 rings (SSSR count). The zero-order valence-corrected chi connectivity index (χ0v) is 14.8. The SMILES string of the molecule is Cc1ccc(CN2CC3CCCC(N)C3C2)c(-c2cnn(C)c2)c1. The predicted molar refractivity (Wildman–Crippen MR) is 97.5 cm³/mol. The van der Waals surface area contributed by atoms with E-state index in [-0.39, 0.29) is 0 Å². The zero-order valence-electron chi connectivity index (χ0n) is 14.8. The number of benzene rings is 1. The van der Waals surface area contributed by atoms with Crippen molar-refractivity contribution in [2.45, 2.75) is 38.8 Å². The maximum atomic E-state index is 6.38. The minimum Gasteiger partial charge on any atom is -0.327 e. The molecule has 2 heterocycles. The standard InChI is InChI=1S/C20H28N4/c1-14-6-7-16(18(8-14)17-9-22-23(2)10-17)12-24-11-15-4-3-5-20(21)19(15)13-24/h6-10,15,19-20H,3-5,11-13,21H2,1-2H3. The Kier molecular flexibility index (Phi) is 4.19. The Morgan fingerprint density at radius 2 is 2.12 bits per heavy atom. The van der Waals surface area contributed by atoms with Crippen LogP contribution in [-0.4, -0.2) is 33.8 Å². The molecule has 2 aliphatic rings. The van der Waals surface area contributed by atoms with Gasteiger partial charge in [0.1, 0.15) is 0 Å². The summed E-state index contributed by atoms with van der Waals surface area (Å²) in [4.78, 5) is 2.62. The first-order chi connectivity index (χ1) is 11.6. The minimum absolute atomic E-state index is 0.407. The largest absolute Gasteiger partial charge is 0.327 e. The van der Waals surface area contributed by atoms with Crippen LogP contribution in [0.5, 0.6) is 0 Å². The van der Waals surface area contributed by atoms with E-state index in [9.17, 15) is 0 Å². The molecule has 1 saturated heterocycles. The number of aromatic nitrogens is 2. The summed E-state index contributed by atoms with van der Waals surface area (Å²) in [5.74, 6) is 1.51. The van der Waals surface area contributed by atoms with Crippen LogP contribution in [-0.2, 0) is 13.6 Å². The van der Waals surface area contributed by atoms with E-state index < -0.39 is 0 Å². The first-order valence-electron chi connectivity index (χ1n) is 9.16. The number of aryl methyl sites for hydroxylation is 2. The first kappa shape index (κ1) is 15.9. The van der Waals surface area contributed by atoms with Gasteiger partial charge in [-0.1, -0.05) is 30.2 Å². The number of likely N-dealkylation sites (tertiary alicyclic amines) is 1. The van der Waals surface area contributed by atoms with Gasteiger partial charge in [0.05, 0.1) is 6.20 Å². The molecule has 2 aromatic rings. The second-order valence-electron chi connectivity index (χ2n) is 7.78. The average Bonchev–Trinajstić information content (AvgIpc) is 3.16. The van der Waals surface area contributed by atoms with Crippen LogP contribution in [0.2, 0.25) is 0 Å². The van der Waals surface area contributed by atoms with Crippen LogP contribution in [0.1, 0.15) is 30.4 Å². The van der Waals surface area contributed by atoms with Gasteiger partial charge in [-0.2, -0.15) is 5.10 Å². The van der Waals surface area contributed by atoms with Crippen LogP contribution in [0.25, 0.3) is 11.1 Å². The number of fused-ring (bicyclic) bond motifs is 1. The number of hydrogen-bond acceptors (Lipinski definition) is 3. The average molecular weight is 324 g/mol. The van der Waals surface area contributed by atoms with Gasteiger partial charge < -0.3 is 5.73 Å².